The first-order chi connectivity index (χ1) is 12.3. The maximum Gasteiger partial charge on any atom is 0.226 e. The zero-order chi connectivity index (χ0) is 17.1. The van der Waals surface area contributed by atoms with Gasteiger partial charge in [-0.3, -0.25) is 0 Å². The van der Waals surface area contributed by atoms with Crippen molar-refractivity contribution in [1.29, 1.82) is 0 Å². The van der Waals surface area contributed by atoms with E-state index in [0.717, 1.165) is 23.6 Å². The number of halogens is 1. The number of anilines is 1. The number of ether oxygens (including phenoxy) is 1. The van der Waals surface area contributed by atoms with E-state index >= 15 is 0 Å². The molecule has 5 heteroatoms. The highest BCUT2D eigenvalue weighted by Crippen LogP contribution is 2.40. The molecule has 0 atom stereocenters. The maximum absolute atomic E-state index is 6.28. The molecule has 4 nitrogen and oxygen atoms in total. The highest BCUT2D eigenvalue weighted by atomic mass is 35.5. The first-order valence-electron chi connectivity index (χ1n) is 8.35. The normalized spacial score (nSPS) is 19.1. The molecule has 1 N–H and O–H groups in total. The molecule has 1 aliphatic rings. The van der Waals surface area contributed by atoms with Crippen LogP contribution in [0.4, 0.5) is 5.95 Å². The van der Waals surface area contributed by atoms with Gasteiger partial charge in [-0.1, -0.05) is 48.0 Å². The van der Waals surface area contributed by atoms with Crippen LogP contribution in [-0.2, 0) is 0 Å². The molecule has 0 aliphatic heterocycles. The summed E-state index contributed by atoms with van der Waals surface area (Å²) in [5.74, 6) is 2.38. The van der Waals surface area contributed by atoms with Crippen molar-refractivity contribution in [3.8, 4) is 11.6 Å². The molecule has 0 bridgehead atoms. The van der Waals surface area contributed by atoms with Crippen LogP contribution >= 0.6 is 11.6 Å². The third kappa shape index (κ3) is 3.74. The number of hydrogen-bond donors (Lipinski definition) is 1. The summed E-state index contributed by atoms with van der Waals surface area (Å²) in [6.45, 7) is 0. The van der Waals surface area contributed by atoms with Crippen molar-refractivity contribution in [2.75, 3.05) is 5.32 Å². The molecule has 25 heavy (non-hydrogen) atoms. The van der Waals surface area contributed by atoms with Gasteiger partial charge in [0.15, 0.2) is 0 Å². The fraction of sp³-hybridized carbons (Fsp3) is 0.200. The van der Waals surface area contributed by atoms with Crippen LogP contribution in [0.15, 0.2) is 66.9 Å². The van der Waals surface area contributed by atoms with E-state index in [-0.39, 0.29) is 0 Å². The standard InChI is InChI=1S/C20H18ClN3O/c21-18-9-5-4-8-17(18)14-12-15(13-14)23-20-22-11-10-19(24-20)25-16-6-2-1-3-7-16/h1-11,14-15H,12-13H2,(H,22,23,24). The second kappa shape index (κ2) is 7.11. The number of nitrogens with one attached hydrogen (secondary N) is 1. The van der Waals surface area contributed by atoms with Crippen molar-refractivity contribution in [2.24, 2.45) is 0 Å². The molecule has 1 aromatic heterocycles. The Bertz CT molecular complexity index is 850. The Morgan fingerprint density at radius 3 is 2.52 bits per heavy atom. The van der Waals surface area contributed by atoms with Crippen molar-refractivity contribution in [1.82, 2.24) is 9.97 Å². The summed E-state index contributed by atoms with van der Waals surface area (Å²) < 4.78 is 5.75. The first kappa shape index (κ1) is 15.9. The van der Waals surface area contributed by atoms with Crippen LogP contribution < -0.4 is 10.1 Å². The number of nitrogens with zero attached hydrogens (tertiary/aromatic N) is 2. The minimum Gasteiger partial charge on any atom is -0.439 e. The van der Waals surface area contributed by atoms with Crippen LogP contribution in [0, 0.1) is 0 Å². The molecule has 1 aliphatic carbocycles. The second-order valence-corrected chi connectivity index (χ2v) is 6.57. The molecule has 2 aromatic carbocycles. The number of rotatable bonds is 5. The predicted molar refractivity (Wildman–Crippen MR) is 99.4 cm³/mol. The molecule has 4 rings (SSSR count). The van der Waals surface area contributed by atoms with Crippen LogP contribution in [0.3, 0.4) is 0 Å². The van der Waals surface area contributed by atoms with Gasteiger partial charge in [0.2, 0.25) is 11.8 Å². The summed E-state index contributed by atoms with van der Waals surface area (Å²) in [4.78, 5) is 8.72. The Kier molecular flexibility index (Phi) is 4.53. The molecular weight excluding hydrogens is 334 g/mol. The van der Waals surface area contributed by atoms with E-state index in [4.69, 9.17) is 16.3 Å². The van der Waals surface area contributed by atoms with Crippen molar-refractivity contribution in [3.05, 3.63) is 77.4 Å². The number of para-hydroxylation sites is 1. The van der Waals surface area contributed by atoms with E-state index in [9.17, 15) is 0 Å². The highest BCUT2D eigenvalue weighted by Gasteiger charge is 2.31. The molecular formula is C20H18ClN3O. The summed E-state index contributed by atoms with van der Waals surface area (Å²) in [6, 6.07) is 19.8. The largest absolute Gasteiger partial charge is 0.439 e. The summed E-state index contributed by atoms with van der Waals surface area (Å²) in [5.41, 5.74) is 1.23. The van der Waals surface area contributed by atoms with Gasteiger partial charge < -0.3 is 10.1 Å². The summed E-state index contributed by atoms with van der Waals surface area (Å²) >= 11 is 6.28. The van der Waals surface area contributed by atoms with Crippen molar-refractivity contribution in [3.63, 3.8) is 0 Å². The van der Waals surface area contributed by atoms with E-state index in [1.807, 2.05) is 48.5 Å². The minimum atomic E-state index is 0.355. The van der Waals surface area contributed by atoms with E-state index in [1.165, 1.54) is 5.56 Å². The molecule has 0 unspecified atom stereocenters. The lowest BCUT2D eigenvalue weighted by atomic mass is 9.76. The zero-order valence-electron chi connectivity index (χ0n) is 13.6. The van der Waals surface area contributed by atoms with Gasteiger partial charge in [-0.25, -0.2) is 4.98 Å². The second-order valence-electron chi connectivity index (χ2n) is 6.16. The Labute approximate surface area is 151 Å². The van der Waals surface area contributed by atoms with Gasteiger partial charge in [0.25, 0.3) is 0 Å². The van der Waals surface area contributed by atoms with Gasteiger partial charge in [-0.2, -0.15) is 4.98 Å². The summed E-state index contributed by atoms with van der Waals surface area (Å²) in [7, 11) is 0. The van der Waals surface area contributed by atoms with Crippen molar-refractivity contribution < 1.29 is 4.74 Å². The van der Waals surface area contributed by atoms with E-state index in [2.05, 4.69) is 21.4 Å². The Morgan fingerprint density at radius 2 is 1.72 bits per heavy atom. The van der Waals surface area contributed by atoms with Gasteiger partial charge in [-0.15, -0.1) is 0 Å². The summed E-state index contributed by atoms with van der Waals surface area (Å²) in [6.07, 6.45) is 3.76. The quantitative estimate of drug-likeness (QED) is 0.679. The minimum absolute atomic E-state index is 0.355. The van der Waals surface area contributed by atoms with Crippen LogP contribution in [0.5, 0.6) is 11.6 Å². The molecule has 3 aromatic rings. The van der Waals surface area contributed by atoms with Gasteiger partial charge in [0, 0.05) is 23.3 Å². The van der Waals surface area contributed by atoms with Crippen LogP contribution in [-0.4, -0.2) is 16.0 Å². The number of hydrogen-bond acceptors (Lipinski definition) is 4. The predicted octanol–water partition coefficient (Wildman–Crippen LogP) is 5.28. The van der Waals surface area contributed by atoms with Gasteiger partial charge in [-0.05, 0) is 42.5 Å². The lowest BCUT2D eigenvalue weighted by Gasteiger charge is -2.36. The monoisotopic (exact) mass is 351 g/mol. The fourth-order valence-corrected chi connectivity index (χ4v) is 3.35. The highest BCUT2D eigenvalue weighted by molar-refractivity contribution is 6.31. The zero-order valence-corrected chi connectivity index (χ0v) is 14.4. The Morgan fingerprint density at radius 1 is 0.960 bits per heavy atom. The Hall–Kier alpha value is -2.59. The third-order valence-corrected chi connectivity index (χ3v) is 4.76. The smallest absolute Gasteiger partial charge is 0.226 e. The molecule has 1 fully saturated rings. The first-order valence-corrected chi connectivity index (χ1v) is 8.72. The van der Waals surface area contributed by atoms with Gasteiger partial charge in [0.05, 0.1) is 0 Å². The SMILES string of the molecule is Clc1ccccc1C1CC(Nc2nccc(Oc3ccccc3)n2)C1. The number of aromatic nitrogens is 2. The van der Waals surface area contributed by atoms with Gasteiger partial charge in [0.1, 0.15) is 5.75 Å². The van der Waals surface area contributed by atoms with Gasteiger partial charge >= 0.3 is 0 Å². The molecule has 0 amide bonds. The molecule has 126 valence electrons. The Balaban J connectivity index is 1.36. The van der Waals surface area contributed by atoms with Crippen LogP contribution in [0.1, 0.15) is 24.3 Å². The molecule has 1 saturated carbocycles. The van der Waals surface area contributed by atoms with Crippen LogP contribution in [0.2, 0.25) is 5.02 Å². The average Bonchev–Trinajstić information content (AvgIpc) is 2.60. The van der Waals surface area contributed by atoms with Crippen molar-refractivity contribution in [2.45, 2.75) is 24.8 Å². The average molecular weight is 352 g/mol. The lowest BCUT2D eigenvalue weighted by molar-refractivity contribution is 0.372. The fourth-order valence-electron chi connectivity index (χ4n) is 3.06. The van der Waals surface area contributed by atoms with E-state index in [1.54, 1.807) is 12.3 Å². The molecule has 0 spiro atoms. The van der Waals surface area contributed by atoms with E-state index < -0.39 is 0 Å². The van der Waals surface area contributed by atoms with E-state index in [0.29, 0.717) is 23.8 Å². The molecule has 1 heterocycles. The molecule has 0 saturated heterocycles. The van der Waals surface area contributed by atoms with Crippen molar-refractivity contribution >= 4 is 17.5 Å². The third-order valence-electron chi connectivity index (χ3n) is 4.41. The topological polar surface area (TPSA) is 47.0 Å². The molecule has 0 radical (unpaired) electrons. The summed E-state index contributed by atoms with van der Waals surface area (Å²) in [5, 5.41) is 4.23. The lowest BCUT2D eigenvalue weighted by Crippen LogP contribution is -2.34. The van der Waals surface area contributed by atoms with Crippen LogP contribution in [0.25, 0.3) is 0 Å². The number of benzene rings is 2. The maximum atomic E-state index is 6.28.